The van der Waals surface area contributed by atoms with Gasteiger partial charge in [0.25, 0.3) is 5.91 Å². The van der Waals surface area contributed by atoms with Crippen molar-refractivity contribution in [1.82, 2.24) is 4.98 Å². The molecule has 0 bridgehead atoms. The van der Waals surface area contributed by atoms with Gasteiger partial charge in [0.15, 0.2) is 0 Å². The number of carbonyl (C=O) groups excluding carboxylic acids is 1. The molecular weight excluding hydrogens is 365 g/mol. The Morgan fingerprint density at radius 1 is 1.32 bits per heavy atom. The highest BCUT2D eigenvalue weighted by Gasteiger charge is 2.29. The van der Waals surface area contributed by atoms with E-state index in [1.165, 1.54) is 26.2 Å². The number of H-pyrrole nitrogens is 1. The molecule has 0 aliphatic carbocycles. The van der Waals surface area contributed by atoms with E-state index in [1.54, 1.807) is 18.3 Å². The molecule has 0 saturated heterocycles. The van der Waals surface area contributed by atoms with Gasteiger partial charge >= 0.3 is 0 Å². The molecule has 6 N–H and O–H groups in total. The van der Waals surface area contributed by atoms with Crippen LogP contribution in [0.15, 0.2) is 24.4 Å². The largest absolute Gasteiger partial charge is 0.495 e. The molecule has 1 amide bonds. The summed E-state index contributed by atoms with van der Waals surface area (Å²) in [5, 5.41) is 22.1. The third-order valence-corrected chi connectivity index (χ3v) is 4.43. The lowest BCUT2D eigenvalue weighted by atomic mass is 9.98. The van der Waals surface area contributed by atoms with Crippen molar-refractivity contribution >= 4 is 23.2 Å². The number of aromatic amines is 1. The molecule has 2 heterocycles. The second kappa shape index (κ2) is 7.86. The van der Waals surface area contributed by atoms with Crippen LogP contribution in [0.25, 0.3) is 11.6 Å². The quantitative estimate of drug-likeness (QED) is 0.398. The fraction of sp³-hybridized carbons (Fsp3) is 0.250. The van der Waals surface area contributed by atoms with Gasteiger partial charge in [0, 0.05) is 11.8 Å². The van der Waals surface area contributed by atoms with E-state index in [1.807, 2.05) is 0 Å². The van der Waals surface area contributed by atoms with Crippen molar-refractivity contribution in [2.45, 2.75) is 25.2 Å². The van der Waals surface area contributed by atoms with Crippen LogP contribution in [-0.2, 0) is 4.79 Å². The maximum atomic E-state index is 14.5. The van der Waals surface area contributed by atoms with Gasteiger partial charge in [-0.2, -0.15) is 0 Å². The first-order chi connectivity index (χ1) is 13.3. The van der Waals surface area contributed by atoms with Gasteiger partial charge in [0.2, 0.25) is 0 Å². The van der Waals surface area contributed by atoms with Gasteiger partial charge in [-0.3, -0.25) is 4.79 Å². The summed E-state index contributed by atoms with van der Waals surface area (Å²) in [7, 11) is 1.50. The number of ether oxygens (including phenoxy) is 1. The molecule has 28 heavy (non-hydrogen) atoms. The van der Waals surface area contributed by atoms with Crippen LogP contribution >= 0.6 is 0 Å². The number of hydrogen-bond donors (Lipinski definition) is 5. The lowest BCUT2D eigenvalue weighted by Crippen LogP contribution is -2.42. The topological polar surface area (TPSA) is 121 Å². The van der Waals surface area contributed by atoms with E-state index < -0.39 is 30.0 Å². The van der Waals surface area contributed by atoms with E-state index in [2.05, 4.69) is 22.1 Å². The number of nitrogens with one attached hydrogen (secondary N) is 2. The Bertz CT molecular complexity index is 1000. The van der Waals surface area contributed by atoms with Gasteiger partial charge in [-0.25, -0.2) is 4.39 Å². The van der Waals surface area contributed by atoms with Crippen LogP contribution in [0.1, 0.15) is 23.7 Å². The van der Waals surface area contributed by atoms with Crippen molar-refractivity contribution in [3.8, 4) is 17.6 Å². The van der Waals surface area contributed by atoms with Gasteiger partial charge < -0.3 is 31.0 Å². The number of aliphatic hydroxyl groups is 2. The van der Waals surface area contributed by atoms with Crippen LogP contribution in [0, 0.1) is 17.7 Å². The number of aliphatic hydroxyl groups excluding tert-OH is 2. The molecule has 2 aromatic rings. The number of fused-ring (bicyclic) bond motifs is 1. The van der Waals surface area contributed by atoms with Gasteiger partial charge in [-0.1, -0.05) is 11.8 Å². The van der Waals surface area contributed by atoms with Gasteiger partial charge in [-0.05, 0) is 31.2 Å². The zero-order valence-corrected chi connectivity index (χ0v) is 15.3. The number of amides is 1. The molecule has 0 saturated carbocycles. The number of hydrogen-bond acceptors (Lipinski definition) is 5. The zero-order chi connectivity index (χ0) is 20.4. The van der Waals surface area contributed by atoms with E-state index in [-0.39, 0.29) is 16.7 Å². The van der Waals surface area contributed by atoms with Crippen LogP contribution < -0.4 is 15.8 Å². The highest BCUT2D eigenvalue weighted by Crippen LogP contribution is 2.37. The molecule has 8 heteroatoms. The van der Waals surface area contributed by atoms with E-state index in [0.29, 0.717) is 17.1 Å². The molecule has 1 aliphatic heterocycles. The Hall–Kier alpha value is -3.12. The average Bonchev–Trinajstić information content (AvgIpc) is 3.24. The summed E-state index contributed by atoms with van der Waals surface area (Å²) in [6.07, 6.45) is 0.840. The zero-order valence-electron chi connectivity index (χ0n) is 15.3. The molecule has 3 rings (SSSR count). The van der Waals surface area contributed by atoms with E-state index in [0.717, 1.165) is 0 Å². The van der Waals surface area contributed by atoms with Gasteiger partial charge in [0.05, 0.1) is 41.8 Å². The molecule has 1 aliphatic rings. The Morgan fingerprint density at radius 2 is 2.07 bits per heavy atom. The fourth-order valence-corrected chi connectivity index (χ4v) is 2.83. The third-order valence-electron chi connectivity index (χ3n) is 4.43. The van der Waals surface area contributed by atoms with Crippen molar-refractivity contribution in [3.05, 3.63) is 47.0 Å². The van der Waals surface area contributed by atoms with Gasteiger partial charge in [0.1, 0.15) is 17.7 Å². The number of halogens is 1. The first kappa shape index (κ1) is 19.6. The summed E-state index contributed by atoms with van der Waals surface area (Å²) < 4.78 is 19.7. The predicted molar refractivity (Wildman–Crippen MR) is 103 cm³/mol. The number of nitrogens with two attached hydrogens (primary N) is 1. The molecule has 0 unspecified atom stereocenters. The number of carbonyl (C=O) groups is 1. The number of aromatic nitrogens is 1. The molecule has 1 aromatic heterocycles. The average molecular weight is 385 g/mol. The highest BCUT2D eigenvalue weighted by atomic mass is 19.1. The van der Waals surface area contributed by atoms with Crippen LogP contribution in [0.4, 0.5) is 10.1 Å². The Morgan fingerprint density at radius 3 is 2.75 bits per heavy atom. The standard InChI is InChI=1S/C20H20FN3O4/c1-10(25)19(22)16(26)6-3-11-13(21)4-5-14-18(11)12(20(27)24-14)9-15-17(28-2)7-8-23-15/h4-5,7-10,16,19,23,25-26H,22H2,1-2H3,(H,24,27)/t10-,16+,19+/m1/s1. The van der Waals surface area contributed by atoms with Gasteiger partial charge in [-0.15, -0.1) is 0 Å². The second-order valence-corrected chi connectivity index (χ2v) is 6.35. The molecule has 3 atom stereocenters. The third kappa shape index (κ3) is 3.64. The molecule has 0 spiro atoms. The van der Waals surface area contributed by atoms with Crippen molar-refractivity contribution in [1.29, 1.82) is 0 Å². The lowest BCUT2D eigenvalue weighted by molar-refractivity contribution is -0.110. The van der Waals surface area contributed by atoms with Crippen molar-refractivity contribution in [2.24, 2.45) is 5.73 Å². The normalized spacial score (nSPS) is 17.4. The monoisotopic (exact) mass is 385 g/mol. The SMILES string of the molecule is COc1cc[nH]c1C=C1C(=O)Nc2ccc(F)c(C#C[C@H](O)[C@@H](N)[C@@H](C)O)c21. The minimum atomic E-state index is -1.36. The molecule has 0 fully saturated rings. The summed E-state index contributed by atoms with van der Waals surface area (Å²) in [5.41, 5.74) is 7.04. The molecule has 7 nitrogen and oxygen atoms in total. The Balaban J connectivity index is 2.09. The van der Waals surface area contributed by atoms with Crippen LogP contribution in [0.2, 0.25) is 0 Å². The number of methoxy groups -OCH3 is 1. The van der Waals surface area contributed by atoms with Crippen molar-refractivity contribution in [2.75, 3.05) is 12.4 Å². The Labute approximate surface area is 161 Å². The first-order valence-corrected chi connectivity index (χ1v) is 8.54. The molecule has 146 valence electrons. The highest BCUT2D eigenvalue weighted by molar-refractivity contribution is 6.35. The molecule has 1 aromatic carbocycles. The second-order valence-electron chi connectivity index (χ2n) is 6.35. The van der Waals surface area contributed by atoms with Crippen molar-refractivity contribution in [3.63, 3.8) is 0 Å². The summed E-state index contributed by atoms with van der Waals surface area (Å²) in [4.78, 5) is 15.4. The molecular formula is C20H20FN3O4. The van der Waals surface area contributed by atoms with E-state index in [9.17, 15) is 19.4 Å². The van der Waals surface area contributed by atoms with Crippen LogP contribution in [-0.4, -0.2) is 46.5 Å². The summed E-state index contributed by atoms with van der Waals surface area (Å²) in [5.74, 6) is 4.48. The van der Waals surface area contributed by atoms with E-state index in [4.69, 9.17) is 10.5 Å². The molecule has 0 radical (unpaired) electrons. The smallest absolute Gasteiger partial charge is 0.256 e. The number of benzene rings is 1. The summed E-state index contributed by atoms with van der Waals surface area (Å²) >= 11 is 0. The minimum Gasteiger partial charge on any atom is -0.495 e. The number of anilines is 1. The minimum absolute atomic E-state index is 0.0514. The Kier molecular flexibility index (Phi) is 5.51. The predicted octanol–water partition coefficient (Wildman–Crippen LogP) is 1.08. The van der Waals surface area contributed by atoms with Crippen molar-refractivity contribution < 1.29 is 24.1 Å². The van der Waals surface area contributed by atoms with Crippen LogP contribution in [0.3, 0.4) is 0 Å². The summed E-state index contributed by atoms with van der Waals surface area (Å²) in [6, 6.07) is 3.31. The maximum absolute atomic E-state index is 14.5. The maximum Gasteiger partial charge on any atom is 0.256 e. The lowest BCUT2D eigenvalue weighted by Gasteiger charge is -2.16. The number of rotatable bonds is 4. The fourth-order valence-electron chi connectivity index (χ4n) is 2.83. The first-order valence-electron chi connectivity index (χ1n) is 8.54. The van der Waals surface area contributed by atoms with Crippen LogP contribution in [0.5, 0.6) is 5.75 Å². The van der Waals surface area contributed by atoms with E-state index >= 15 is 0 Å². The summed E-state index contributed by atoms with van der Waals surface area (Å²) in [6.45, 7) is 1.42.